The Kier molecular flexibility index (Phi) is 3.91. The van der Waals surface area contributed by atoms with Gasteiger partial charge in [0.25, 0.3) is 5.56 Å². The molecule has 136 valence electrons. The summed E-state index contributed by atoms with van der Waals surface area (Å²) in [5.41, 5.74) is -0.0293. The molecule has 0 amide bonds. The molecule has 4 aromatic rings. The normalized spacial score (nSPS) is 12.2. The van der Waals surface area contributed by atoms with Gasteiger partial charge in [-0.25, -0.2) is 29.1 Å². The molecule has 0 bridgehead atoms. The summed E-state index contributed by atoms with van der Waals surface area (Å²) in [5.74, 6) is -0.232. The molecule has 4 aromatic heterocycles. The van der Waals surface area contributed by atoms with Crippen LogP contribution in [0.25, 0.3) is 11.2 Å². The average Bonchev–Trinajstić information content (AvgIpc) is 2.99. The number of hydrogen-bond acceptors (Lipinski definition) is 8. The standard InChI is InChI=1S/C15H12FN9O2/c1-7(11-18-2-8(16)3-19-11)25-12-9(23-15(25)27)5-20-14(24-12)22-10-4-17-6-21-13(10)26/h2-7H,1H3,(H,23,27)(H,17,21,26)(H,20,22,24)/t7-/m1/s1. The topological polar surface area (TPSA) is 147 Å². The van der Waals surface area contributed by atoms with Gasteiger partial charge in [-0.1, -0.05) is 0 Å². The van der Waals surface area contributed by atoms with Crippen LogP contribution in [0, 0.1) is 5.82 Å². The molecule has 12 heteroatoms. The highest BCUT2D eigenvalue weighted by Crippen LogP contribution is 2.18. The van der Waals surface area contributed by atoms with Gasteiger partial charge in [0.2, 0.25) is 5.95 Å². The Labute approximate surface area is 149 Å². The van der Waals surface area contributed by atoms with Crippen molar-refractivity contribution in [3.63, 3.8) is 0 Å². The first-order chi connectivity index (χ1) is 13.0. The molecular weight excluding hydrogens is 357 g/mol. The SMILES string of the molecule is C[C@H](c1ncc(F)cn1)n1c(=O)[nH]c2cnc(Nc3cnc[nH]c3=O)nc21. The molecule has 1 atom stereocenters. The number of halogens is 1. The molecule has 0 aliphatic rings. The third kappa shape index (κ3) is 3.03. The third-order valence-corrected chi connectivity index (χ3v) is 3.82. The fourth-order valence-corrected chi connectivity index (χ4v) is 2.54. The average molecular weight is 369 g/mol. The van der Waals surface area contributed by atoms with Crippen molar-refractivity contribution >= 4 is 22.8 Å². The van der Waals surface area contributed by atoms with E-state index in [1.165, 1.54) is 23.3 Å². The smallest absolute Gasteiger partial charge is 0.318 e. The van der Waals surface area contributed by atoms with E-state index in [0.717, 1.165) is 12.4 Å². The minimum Gasteiger partial charge on any atom is -0.318 e. The van der Waals surface area contributed by atoms with E-state index in [4.69, 9.17) is 0 Å². The van der Waals surface area contributed by atoms with Crippen LogP contribution < -0.4 is 16.6 Å². The van der Waals surface area contributed by atoms with Crippen LogP contribution >= 0.6 is 0 Å². The number of aromatic nitrogens is 8. The molecule has 11 nitrogen and oxygen atoms in total. The number of anilines is 2. The number of hydrogen-bond donors (Lipinski definition) is 3. The van der Waals surface area contributed by atoms with Gasteiger partial charge < -0.3 is 15.3 Å². The van der Waals surface area contributed by atoms with Crippen molar-refractivity contribution in [3.8, 4) is 0 Å². The maximum atomic E-state index is 13.1. The van der Waals surface area contributed by atoms with Gasteiger partial charge in [-0.05, 0) is 6.92 Å². The van der Waals surface area contributed by atoms with Crippen molar-refractivity contribution in [2.75, 3.05) is 5.32 Å². The second kappa shape index (κ2) is 6.40. The van der Waals surface area contributed by atoms with Crippen LogP contribution in [0.5, 0.6) is 0 Å². The summed E-state index contributed by atoms with van der Waals surface area (Å²) in [6, 6.07) is -0.614. The molecule has 4 heterocycles. The molecule has 0 radical (unpaired) electrons. The molecule has 0 unspecified atom stereocenters. The first-order valence-electron chi connectivity index (χ1n) is 7.77. The number of nitrogens with zero attached hydrogens (tertiary/aromatic N) is 6. The van der Waals surface area contributed by atoms with Gasteiger partial charge >= 0.3 is 5.69 Å². The highest BCUT2D eigenvalue weighted by atomic mass is 19.1. The predicted molar refractivity (Wildman–Crippen MR) is 92.1 cm³/mol. The van der Waals surface area contributed by atoms with E-state index in [1.54, 1.807) is 6.92 Å². The number of H-pyrrole nitrogens is 2. The molecule has 4 rings (SSSR count). The molecule has 0 aromatic carbocycles. The van der Waals surface area contributed by atoms with Crippen LogP contribution in [0.3, 0.4) is 0 Å². The first-order valence-corrected chi connectivity index (χ1v) is 7.77. The van der Waals surface area contributed by atoms with Gasteiger partial charge in [0, 0.05) is 0 Å². The minimum absolute atomic E-state index is 0.0981. The van der Waals surface area contributed by atoms with E-state index in [9.17, 15) is 14.0 Å². The summed E-state index contributed by atoms with van der Waals surface area (Å²) in [7, 11) is 0. The number of imidazole rings is 1. The van der Waals surface area contributed by atoms with Crippen molar-refractivity contribution in [2.45, 2.75) is 13.0 Å². The molecule has 0 saturated carbocycles. The zero-order valence-electron chi connectivity index (χ0n) is 13.8. The monoisotopic (exact) mass is 369 g/mol. The van der Waals surface area contributed by atoms with Crippen molar-refractivity contribution in [3.05, 3.63) is 63.6 Å². The van der Waals surface area contributed by atoms with Gasteiger partial charge in [0.15, 0.2) is 17.3 Å². The molecule has 0 fully saturated rings. The molecule has 0 saturated heterocycles. The van der Waals surface area contributed by atoms with Crippen molar-refractivity contribution in [2.24, 2.45) is 0 Å². The lowest BCUT2D eigenvalue weighted by Gasteiger charge is -2.11. The largest absolute Gasteiger partial charge is 0.328 e. The first kappa shape index (κ1) is 16.5. The van der Waals surface area contributed by atoms with E-state index in [0.29, 0.717) is 5.52 Å². The molecule has 27 heavy (non-hydrogen) atoms. The summed E-state index contributed by atoms with van der Waals surface area (Å²) in [6.45, 7) is 1.68. The maximum Gasteiger partial charge on any atom is 0.328 e. The lowest BCUT2D eigenvalue weighted by Crippen LogP contribution is -2.23. The second-order valence-electron chi connectivity index (χ2n) is 5.59. The van der Waals surface area contributed by atoms with Crippen LogP contribution in [-0.2, 0) is 0 Å². The minimum atomic E-state index is -0.614. The Hall–Kier alpha value is -3.96. The fraction of sp³-hybridized carbons (Fsp3) is 0.133. The molecule has 0 aliphatic heterocycles. The van der Waals surface area contributed by atoms with E-state index in [1.807, 2.05) is 0 Å². The number of aromatic amines is 2. The van der Waals surface area contributed by atoms with Crippen LogP contribution in [-0.4, -0.2) is 39.5 Å². The Morgan fingerprint density at radius 2 is 1.93 bits per heavy atom. The lowest BCUT2D eigenvalue weighted by molar-refractivity contribution is 0.568. The summed E-state index contributed by atoms with van der Waals surface area (Å²) in [5, 5.41) is 2.75. The second-order valence-corrected chi connectivity index (χ2v) is 5.59. The van der Waals surface area contributed by atoms with Crippen molar-refractivity contribution in [1.29, 1.82) is 0 Å². The zero-order chi connectivity index (χ0) is 19.0. The van der Waals surface area contributed by atoms with Crippen LogP contribution in [0.4, 0.5) is 16.0 Å². The van der Waals surface area contributed by atoms with Gasteiger partial charge in [-0.3, -0.25) is 9.36 Å². The zero-order valence-corrected chi connectivity index (χ0v) is 13.8. The summed E-state index contributed by atoms with van der Waals surface area (Å²) in [6.07, 6.45) is 6.04. The predicted octanol–water partition coefficient (Wildman–Crippen LogP) is 0.485. The Bertz CT molecular complexity index is 1230. The number of rotatable bonds is 4. The van der Waals surface area contributed by atoms with Crippen LogP contribution in [0.1, 0.15) is 18.8 Å². The highest BCUT2D eigenvalue weighted by Gasteiger charge is 2.19. The quantitative estimate of drug-likeness (QED) is 0.471. The van der Waals surface area contributed by atoms with E-state index < -0.39 is 23.1 Å². The van der Waals surface area contributed by atoms with E-state index >= 15 is 0 Å². The van der Waals surface area contributed by atoms with Gasteiger partial charge in [-0.2, -0.15) is 4.98 Å². The van der Waals surface area contributed by atoms with Crippen molar-refractivity contribution in [1.82, 2.24) is 39.5 Å². The van der Waals surface area contributed by atoms with E-state index in [2.05, 4.69) is 40.2 Å². The third-order valence-electron chi connectivity index (χ3n) is 3.82. The summed E-state index contributed by atoms with van der Waals surface area (Å²) < 4.78 is 14.4. The Morgan fingerprint density at radius 3 is 2.67 bits per heavy atom. The Morgan fingerprint density at radius 1 is 1.15 bits per heavy atom. The van der Waals surface area contributed by atoms with Gasteiger partial charge in [0.1, 0.15) is 11.2 Å². The van der Waals surface area contributed by atoms with Gasteiger partial charge in [0.05, 0.1) is 37.2 Å². The Balaban J connectivity index is 1.78. The molecular formula is C15H12FN9O2. The van der Waals surface area contributed by atoms with E-state index in [-0.39, 0.29) is 23.1 Å². The fourth-order valence-electron chi connectivity index (χ4n) is 2.54. The number of nitrogens with one attached hydrogen (secondary N) is 3. The maximum absolute atomic E-state index is 13.1. The molecule has 0 aliphatic carbocycles. The van der Waals surface area contributed by atoms with Crippen LogP contribution in [0.2, 0.25) is 0 Å². The van der Waals surface area contributed by atoms with Gasteiger partial charge in [-0.15, -0.1) is 0 Å². The van der Waals surface area contributed by atoms with Crippen LogP contribution in [0.15, 0.2) is 40.7 Å². The number of fused-ring (bicyclic) bond motifs is 1. The van der Waals surface area contributed by atoms with Crippen molar-refractivity contribution < 1.29 is 4.39 Å². The summed E-state index contributed by atoms with van der Waals surface area (Å²) >= 11 is 0. The highest BCUT2D eigenvalue weighted by molar-refractivity contribution is 5.72. The molecule has 3 N–H and O–H groups in total. The summed E-state index contributed by atoms with van der Waals surface area (Å²) in [4.78, 5) is 49.2. The lowest BCUT2D eigenvalue weighted by atomic mass is 10.3. The molecule has 0 spiro atoms.